The number of hydrogen-bond donors (Lipinski definition) is 0. The molecule has 0 aromatic heterocycles. The van der Waals surface area contributed by atoms with Crippen molar-refractivity contribution < 1.29 is 19.0 Å². The smallest absolute Gasteiger partial charge is 0.260 e. The molecular weight excluding hydrogens is 330 g/mol. The van der Waals surface area contributed by atoms with Gasteiger partial charge in [0.2, 0.25) is 0 Å². The van der Waals surface area contributed by atoms with Crippen molar-refractivity contribution in [2.75, 3.05) is 26.9 Å². The monoisotopic (exact) mass is 347 g/mol. The summed E-state index contributed by atoms with van der Waals surface area (Å²) in [7, 11) is 1.74. The van der Waals surface area contributed by atoms with Gasteiger partial charge in [-0.3, -0.25) is 4.79 Å². The van der Waals surface area contributed by atoms with Crippen LogP contribution in [0.25, 0.3) is 0 Å². The van der Waals surface area contributed by atoms with Crippen LogP contribution in [0.1, 0.15) is 5.56 Å². The zero-order chi connectivity index (χ0) is 16.9. The van der Waals surface area contributed by atoms with E-state index >= 15 is 0 Å². The number of ether oxygens (including phenoxy) is 3. The van der Waals surface area contributed by atoms with Gasteiger partial charge in [0.25, 0.3) is 5.91 Å². The van der Waals surface area contributed by atoms with Gasteiger partial charge >= 0.3 is 0 Å². The fourth-order valence-corrected chi connectivity index (χ4v) is 2.46. The Bertz CT molecular complexity index is 717. The van der Waals surface area contributed by atoms with Crippen LogP contribution < -0.4 is 14.2 Å². The highest BCUT2D eigenvalue weighted by Crippen LogP contribution is 2.31. The van der Waals surface area contributed by atoms with E-state index in [9.17, 15) is 4.79 Å². The maximum absolute atomic E-state index is 12.2. The topological polar surface area (TPSA) is 48.0 Å². The predicted molar refractivity (Wildman–Crippen MR) is 90.9 cm³/mol. The molecule has 24 heavy (non-hydrogen) atoms. The molecule has 126 valence electrons. The van der Waals surface area contributed by atoms with E-state index in [1.807, 2.05) is 18.2 Å². The van der Waals surface area contributed by atoms with E-state index in [0.29, 0.717) is 30.5 Å². The molecule has 0 saturated heterocycles. The Morgan fingerprint density at radius 3 is 2.58 bits per heavy atom. The molecule has 1 aliphatic heterocycles. The second kappa shape index (κ2) is 7.45. The number of carbonyl (C=O) groups is 1. The summed E-state index contributed by atoms with van der Waals surface area (Å²) < 4.78 is 16.5. The predicted octanol–water partition coefficient (Wildman–Crippen LogP) is 3.15. The van der Waals surface area contributed by atoms with Crippen molar-refractivity contribution in [2.45, 2.75) is 6.54 Å². The van der Waals surface area contributed by atoms with Gasteiger partial charge in [-0.25, -0.2) is 0 Å². The minimum atomic E-state index is -0.111. The number of amides is 1. The Kier molecular flexibility index (Phi) is 5.11. The Morgan fingerprint density at radius 2 is 1.83 bits per heavy atom. The number of nitrogens with zero attached hydrogens (tertiary/aromatic N) is 1. The van der Waals surface area contributed by atoms with Crippen LogP contribution in [0.5, 0.6) is 17.2 Å². The van der Waals surface area contributed by atoms with Crippen molar-refractivity contribution >= 4 is 17.5 Å². The molecule has 2 aromatic rings. The van der Waals surface area contributed by atoms with Gasteiger partial charge in [-0.1, -0.05) is 17.7 Å². The fourth-order valence-electron chi connectivity index (χ4n) is 2.33. The molecule has 0 saturated carbocycles. The molecule has 0 unspecified atom stereocenters. The summed E-state index contributed by atoms with van der Waals surface area (Å²) in [6.45, 7) is 1.55. The van der Waals surface area contributed by atoms with Crippen LogP contribution in [0, 0.1) is 0 Å². The third-order valence-electron chi connectivity index (χ3n) is 3.63. The molecule has 0 N–H and O–H groups in total. The first-order valence-electron chi connectivity index (χ1n) is 7.63. The summed E-state index contributed by atoms with van der Waals surface area (Å²) in [5.74, 6) is 1.96. The number of carbonyl (C=O) groups excluding carboxylic acids is 1. The largest absolute Gasteiger partial charge is 0.486 e. The summed E-state index contributed by atoms with van der Waals surface area (Å²) in [6.07, 6.45) is 0. The van der Waals surface area contributed by atoms with Gasteiger partial charge in [0.15, 0.2) is 18.1 Å². The van der Waals surface area contributed by atoms with Crippen molar-refractivity contribution in [1.29, 1.82) is 0 Å². The Labute approximate surface area is 145 Å². The van der Waals surface area contributed by atoms with Crippen molar-refractivity contribution in [1.82, 2.24) is 4.90 Å². The third kappa shape index (κ3) is 4.11. The van der Waals surface area contributed by atoms with E-state index in [1.54, 1.807) is 36.2 Å². The number of fused-ring (bicyclic) bond motifs is 1. The van der Waals surface area contributed by atoms with E-state index in [4.69, 9.17) is 25.8 Å². The van der Waals surface area contributed by atoms with E-state index in [1.165, 1.54) is 0 Å². The van der Waals surface area contributed by atoms with Gasteiger partial charge < -0.3 is 19.1 Å². The third-order valence-corrected chi connectivity index (χ3v) is 3.88. The van der Waals surface area contributed by atoms with Crippen molar-refractivity contribution in [3.63, 3.8) is 0 Å². The van der Waals surface area contributed by atoms with Gasteiger partial charge in [0.05, 0.1) is 0 Å². The zero-order valence-corrected chi connectivity index (χ0v) is 14.1. The molecule has 1 aliphatic rings. The van der Waals surface area contributed by atoms with Crippen molar-refractivity contribution in [2.24, 2.45) is 0 Å². The molecule has 3 rings (SSSR count). The highest BCUT2D eigenvalue weighted by molar-refractivity contribution is 6.30. The van der Waals surface area contributed by atoms with E-state index in [2.05, 4.69) is 0 Å². The molecule has 5 nitrogen and oxygen atoms in total. The minimum Gasteiger partial charge on any atom is -0.486 e. The fraction of sp³-hybridized carbons (Fsp3) is 0.278. The lowest BCUT2D eigenvalue weighted by Crippen LogP contribution is -2.31. The summed E-state index contributed by atoms with van der Waals surface area (Å²) in [5.41, 5.74) is 0.974. The second-order valence-corrected chi connectivity index (χ2v) is 5.91. The molecule has 1 heterocycles. The molecule has 0 radical (unpaired) electrons. The number of likely N-dealkylation sites (N-methyl/N-ethyl adjacent to an activating group) is 1. The van der Waals surface area contributed by atoms with Crippen LogP contribution in [0.15, 0.2) is 42.5 Å². The first kappa shape index (κ1) is 16.5. The van der Waals surface area contributed by atoms with E-state index in [-0.39, 0.29) is 12.5 Å². The van der Waals surface area contributed by atoms with Crippen LogP contribution in [0.2, 0.25) is 5.02 Å². The highest BCUT2D eigenvalue weighted by atomic mass is 35.5. The highest BCUT2D eigenvalue weighted by Gasteiger charge is 2.14. The summed E-state index contributed by atoms with van der Waals surface area (Å²) in [4.78, 5) is 13.8. The Hall–Kier alpha value is -2.40. The number of hydrogen-bond acceptors (Lipinski definition) is 4. The Morgan fingerprint density at radius 1 is 1.12 bits per heavy atom. The van der Waals surface area contributed by atoms with Gasteiger partial charge in [-0.15, -0.1) is 0 Å². The first-order valence-corrected chi connectivity index (χ1v) is 8.00. The SMILES string of the molecule is CN(Cc1ccc2c(c1)OCCO2)C(=O)COc1ccc(Cl)cc1. The molecule has 1 amide bonds. The lowest BCUT2D eigenvalue weighted by Gasteiger charge is -2.21. The molecule has 0 atom stereocenters. The van der Waals surface area contributed by atoms with Crippen LogP contribution in [-0.2, 0) is 11.3 Å². The standard InChI is InChI=1S/C18H18ClNO4/c1-20(18(21)12-24-15-5-3-14(19)4-6-15)11-13-2-7-16-17(10-13)23-9-8-22-16/h2-7,10H,8-9,11-12H2,1H3. The molecule has 0 fully saturated rings. The molecule has 0 spiro atoms. The number of halogens is 1. The van der Waals surface area contributed by atoms with Gasteiger partial charge in [0.1, 0.15) is 19.0 Å². The van der Waals surface area contributed by atoms with E-state index < -0.39 is 0 Å². The number of benzene rings is 2. The van der Waals surface area contributed by atoms with Gasteiger partial charge in [-0.05, 0) is 42.0 Å². The van der Waals surface area contributed by atoms with Crippen LogP contribution in [0.3, 0.4) is 0 Å². The molecule has 0 aliphatic carbocycles. The average Bonchev–Trinajstić information content (AvgIpc) is 2.61. The zero-order valence-electron chi connectivity index (χ0n) is 13.3. The summed E-state index contributed by atoms with van der Waals surface area (Å²) >= 11 is 5.82. The van der Waals surface area contributed by atoms with Crippen LogP contribution in [0.4, 0.5) is 0 Å². The lowest BCUT2D eigenvalue weighted by molar-refractivity contribution is -0.132. The van der Waals surface area contributed by atoms with Crippen molar-refractivity contribution in [3.8, 4) is 17.2 Å². The van der Waals surface area contributed by atoms with Crippen LogP contribution >= 0.6 is 11.6 Å². The van der Waals surface area contributed by atoms with Gasteiger partial charge in [0, 0.05) is 18.6 Å². The number of rotatable bonds is 5. The minimum absolute atomic E-state index is 0.0251. The van der Waals surface area contributed by atoms with Gasteiger partial charge in [-0.2, -0.15) is 0 Å². The molecular formula is C18H18ClNO4. The first-order chi connectivity index (χ1) is 11.6. The van der Waals surface area contributed by atoms with Crippen molar-refractivity contribution in [3.05, 3.63) is 53.1 Å². The maximum atomic E-state index is 12.2. The maximum Gasteiger partial charge on any atom is 0.260 e. The second-order valence-electron chi connectivity index (χ2n) is 5.47. The lowest BCUT2D eigenvalue weighted by atomic mass is 10.2. The molecule has 0 bridgehead atoms. The van der Waals surface area contributed by atoms with E-state index in [0.717, 1.165) is 17.1 Å². The quantitative estimate of drug-likeness (QED) is 0.833. The normalized spacial score (nSPS) is 12.6. The summed E-state index contributed by atoms with van der Waals surface area (Å²) in [5, 5.41) is 0.629. The molecule has 6 heteroatoms. The summed E-state index contributed by atoms with van der Waals surface area (Å²) in [6, 6.07) is 12.6. The average molecular weight is 348 g/mol. The van der Waals surface area contributed by atoms with Crippen LogP contribution in [-0.4, -0.2) is 37.7 Å². The Balaban J connectivity index is 1.55. The molecule has 2 aromatic carbocycles.